The number of aliphatic hydroxyl groups excluding tert-OH is 1. The summed E-state index contributed by atoms with van der Waals surface area (Å²) in [4.78, 5) is 52.7. The Kier molecular flexibility index (Phi) is 11.7. The Morgan fingerprint density at radius 1 is 0.972 bits per heavy atom. The second kappa shape index (κ2) is 14.4. The van der Waals surface area contributed by atoms with Crippen molar-refractivity contribution in [1.29, 1.82) is 0 Å². The zero-order valence-electron chi connectivity index (χ0n) is 19.8. The molecule has 0 aliphatic carbocycles. The summed E-state index contributed by atoms with van der Waals surface area (Å²) in [6.07, 6.45) is 3.01. The number of carbonyl (C=O) groups excluding carboxylic acids is 3. The molecule has 3 amide bonds. The quantitative estimate of drug-likeness (QED) is 0.100. The molecular weight excluding hydrogens is 488 g/mol. The van der Waals surface area contributed by atoms with Crippen LogP contribution in [0.15, 0.2) is 30.5 Å². The number of thiol groups is 1. The van der Waals surface area contributed by atoms with E-state index in [1.807, 2.05) is 24.3 Å². The van der Waals surface area contributed by atoms with Gasteiger partial charge in [-0.25, -0.2) is 4.79 Å². The van der Waals surface area contributed by atoms with Gasteiger partial charge in [-0.15, -0.1) is 0 Å². The second-order valence-electron chi connectivity index (χ2n) is 8.34. The first-order chi connectivity index (χ1) is 17.2. The van der Waals surface area contributed by atoms with Gasteiger partial charge in [0.2, 0.25) is 17.7 Å². The van der Waals surface area contributed by atoms with Gasteiger partial charge in [-0.1, -0.05) is 18.2 Å². The van der Waals surface area contributed by atoms with Crippen LogP contribution in [0.25, 0.3) is 10.9 Å². The van der Waals surface area contributed by atoms with Gasteiger partial charge in [0, 0.05) is 29.3 Å². The molecule has 13 heteroatoms. The maximum absolute atomic E-state index is 12.9. The van der Waals surface area contributed by atoms with Crippen molar-refractivity contribution >= 4 is 47.2 Å². The molecule has 0 saturated carbocycles. The Bertz CT molecular complexity index is 1050. The molecule has 2 rings (SSSR count). The number of aromatic nitrogens is 1. The molecule has 0 fully saturated rings. The molecule has 1 heterocycles. The van der Waals surface area contributed by atoms with Crippen molar-refractivity contribution < 1.29 is 29.4 Å². The van der Waals surface area contributed by atoms with Crippen molar-refractivity contribution in [2.45, 2.75) is 49.9 Å². The van der Waals surface area contributed by atoms with Crippen LogP contribution in [0.1, 0.15) is 24.8 Å². The highest BCUT2D eigenvalue weighted by molar-refractivity contribution is 7.80. The number of benzene rings is 1. The number of aliphatic hydroxyl groups is 1. The summed E-state index contributed by atoms with van der Waals surface area (Å²) >= 11 is 3.97. The highest BCUT2D eigenvalue weighted by atomic mass is 32.1. The predicted molar refractivity (Wildman–Crippen MR) is 137 cm³/mol. The van der Waals surface area contributed by atoms with Crippen molar-refractivity contribution in [3.63, 3.8) is 0 Å². The van der Waals surface area contributed by atoms with Crippen LogP contribution in [-0.4, -0.2) is 82.0 Å². The zero-order chi connectivity index (χ0) is 26.7. The van der Waals surface area contributed by atoms with E-state index in [-0.39, 0.29) is 18.6 Å². The van der Waals surface area contributed by atoms with E-state index < -0.39 is 54.5 Å². The number of carbonyl (C=O) groups is 4. The fourth-order valence-electron chi connectivity index (χ4n) is 3.58. The van der Waals surface area contributed by atoms with Crippen LogP contribution >= 0.6 is 12.6 Å². The summed E-state index contributed by atoms with van der Waals surface area (Å²) in [6, 6.07) is 2.62. The van der Waals surface area contributed by atoms with Gasteiger partial charge >= 0.3 is 5.97 Å². The van der Waals surface area contributed by atoms with Crippen LogP contribution in [-0.2, 0) is 25.6 Å². The van der Waals surface area contributed by atoms with Crippen LogP contribution in [0.3, 0.4) is 0 Å². The maximum Gasteiger partial charge on any atom is 0.326 e. The smallest absolute Gasteiger partial charge is 0.326 e. The number of carboxylic acid groups (broad SMARTS) is 1. The van der Waals surface area contributed by atoms with Crippen molar-refractivity contribution in [3.8, 4) is 0 Å². The number of para-hydroxylation sites is 1. The van der Waals surface area contributed by atoms with Crippen LogP contribution < -0.4 is 27.4 Å². The lowest BCUT2D eigenvalue weighted by Crippen LogP contribution is -2.58. The lowest BCUT2D eigenvalue weighted by molar-refractivity contribution is -0.142. The molecule has 0 spiro atoms. The first kappa shape index (κ1) is 29.1. The van der Waals surface area contributed by atoms with Crippen molar-refractivity contribution in [2.24, 2.45) is 11.5 Å². The summed E-state index contributed by atoms with van der Waals surface area (Å²) in [5.74, 6) is -3.39. The van der Waals surface area contributed by atoms with E-state index in [1.54, 1.807) is 6.20 Å². The third kappa shape index (κ3) is 8.22. The van der Waals surface area contributed by atoms with Crippen molar-refractivity contribution in [3.05, 3.63) is 36.0 Å². The maximum atomic E-state index is 12.9. The standard InChI is InChI=1S/C23H34N6O6S/c24-8-4-3-7-17(27-20(31)15(25)12-36)21(32)29-19(11-30)22(33)28-18(23(34)35)9-13-10-26-16-6-2-1-5-14(13)16/h1-2,5-6,10,15,17-19,26,30,36H,3-4,7-9,11-12,24-25H2,(H,27,31)(H,28,33)(H,29,32)(H,34,35). The average molecular weight is 523 g/mol. The predicted octanol–water partition coefficient (Wildman–Crippen LogP) is -1.37. The van der Waals surface area contributed by atoms with Gasteiger partial charge in [-0.05, 0) is 37.4 Å². The number of H-pyrrole nitrogens is 1. The fourth-order valence-corrected chi connectivity index (χ4v) is 3.75. The summed E-state index contributed by atoms with van der Waals surface area (Å²) in [5, 5.41) is 27.5. The molecule has 36 heavy (non-hydrogen) atoms. The fraction of sp³-hybridized carbons (Fsp3) is 0.478. The lowest BCUT2D eigenvalue weighted by atomic mass is 10.0. The molecule has 0 aliphatic heterocycles. The summed E-state index contributed by atoms with van der Waals surface area (Å²) in [5.41, 5.74) is 12.7. The number of fused-ring (bicyclic) bond motifs is 1. The molecule has 10 N–H and O–H groups in total. The number of hydrogen-bond acceptors (Lipinski definition) is 8. The molecule has 2 aromatic rings. The Labute approximate surface area is 214 Å². The minimum atomic E-state index is -1.44. The van der Waals surface area contributed by atoms with E-state index in [0.717, 1.165) is 10.9 Å². The van der Waals surface area contributed by atoms with Crippen LogP contribution in [0.2, 0.25) is 0 Å². The third-order valence-electron chi connectivity index (χ3n) is 5.64. The Morgan fingerprint density at radius 2 is 1.61 bits per heavy atom. The average Bonchev–Trinajstić information content (AvgIpc) is 3.28. The second-order valence-corrected chi connectivity index (χ2v) is 8.71. The van der Waals surface area contributed by atoms with Crippen LogP contribution in [0.5, 0.6) is 0 Å². The van der Waals surface area contributed by atoms with E-state index in [2.05, 4.69) is 33.6 Å². The van der Waals surface area contributed by atoms with E-state index in [9.17, 15) is 29.4 Å². The Balaban J connectivity index is 2.08. The number of hydrogen-bond donors (Lipinski definition) is 9. The summed E-state index contributed by atoms with van der Waals surface area (Å²) in [7, 11) is 0. The summed E-state index contributed by atoms with van der Waals surface area (Å²) < 4.78 is 0. The summed E-state index contributed by atoms with van der Waals surface area (Å²) in [6.45, 7) is -0.385. The van der Waals surface area contributed by atoms with Gasteiger partial charge in [-0.3, -0.25) is 14.4 Å². The molecule has 4 atom stereocenters. The Hall–Kier alpha value is -3.13. The van der Waals surface area contributed by atoms with Gasteiger partial charge in [0.1, 0.15) is 18.1 Å². The molecule has 12 nitrogen and oxygen atoms in total. The number of carboxylic acids is 1. The van der Waals surface area contributed by atoms with E-state index in [0.29, 0.717) is 24.9 Å². The number of nitrogens with two attached hydrogens (primary N) is 2. The van der Waals surface area contributed by atoms with Gasteiger partial charge in [0.25, 0.3) is 0 Å². The molecule has 1 aromatic carbocycles. The first-order valence-electron chi connectivity index (χ1n) is 11.6. The van der Waals surface area contributed by atoms with E-state index in [4.69, 9.17) is 11.5 Å². The van der Waals surface area contributed by atoms with Crippen LogP contribution in [0, 0.1) is 0 Å². The van der Waals surface area contributed by atoms with Crippen LogP contribution in [0.4, 0.5) is 0 Å². The molecule has 0 saturated heterocycles. The third-order valence-corrected chi connectivity index (χ3v) is 6.04. The van der Waals surface area contributed by atoms with Crippen molar-refractivity contribution in [2.75, 3.05) is 18.9 Å². The number of aromatic amines is 1. The SMILES string of the molecule is NCCCCC(NC(=O)C(N)CS)C(=O)NC(CO)C(=O)NC(Cc1c[nH]c2ccccc12)C(=O)O. The monoisotopic (exact) mass is 522 g/mol. The number of unbranched alkanes of at least 4 members (excludes halogenated alkanes) is 1. The number of amides is 3. The molecule has 0 radical (unpaired) electrons. The van der Waals surface area contributed by atoms with Gasteiger partial charge in [0.15, 0.2) is 0 Å². The topological polar surface area (TPSA) is 213 Å². The van der Waals surface area contributed by atoms with Gasteiger partial charge in [-0.2, -0.15) is 12.6 Å². The molecule has 0 aliphatic rings. The zero-order valence-corrected chi connectivity index (χ0v) is 20.7. The normalized spacial score (nSPS) is 14.4. The Morgan fingerprint density at radius 3 is 2.25 bits per heavy atom. The molecular formula is C23H34N6O6S. The minimum absolute atomic E-state index is 0.0173. The van der Waals surface area contributed by atoms with E-state index >= 15 is 0 Å². The first-order valence-corrected chi connectivity index (χ1v) is 12.2. The number of rotatable bonds is 15. The number of nitrogens with one attached hydrogen (secondary N) is 4. The van der Waals surface area contributed by atoms with Crippen molar-refractivity contribution in [1.82, 2.24) is 20.9 Å². The molecule has 0 bridgehead atoms. The molecule has 198 valence electrons. The van der Waals surface area contributed by atoms with Gasteiger partial charge in [0.05, 0.1) is 12.6 Å². The highest BCUT2D eigenvalue weighted by Gasteiger charge is 2.30. The molecule has 4 unspecified atom stereocenters. The molecule has 1 aromatic heterocycles. The minimum Gasteiger partial charge on any atom is -0.480 e. The van der Waals surface area contributed by atoms with Gasteiger partial charge < -0.3 is 42.6 Å². The lowest BCUT2D eigenvalue weighted by Gasteiger charge is -2.24. The highest BCUT2D eigenvalue weighted by Crippen LogP contribution is 2.19. The van der Waals surface area contributed by atoms with E-state index in [1.165, 1.54) is 0 Å². The largest absolute Gasteiger partial charge is 0.480 e. The number of aliphatic carboxylic acids is 1.